The number of hydrogen-bond acceptors (Lipinski definition) is 2. The molecule has 0 atom stereocenters. The lowest BCUT2D eigenvalue weighted by Gasteiger charge is -1.92. The predicted octanol–water partition coefficient (Wildman–Crippen LogP) is 3.47. The van der Waals surface area contributed by atoms with E-state index in [1.807, 2.05) is 6.07 Å². The summed E-state index contributed by atoms with van der Waals surface area (Å²) in [5.74, 6) is 0.0256. The van der Waals surface area contributed by atoms with Gasteiger partial charge in [0.15, 0.2) is 0 Å². The van der Waals surface area contributed by atoms with Crippen LogP contribution >= 0.6 is 0 Å². The second-order valence-electron chi connectivity index (χ2n) is 3.87. The van der Waals surface area contributed by atoms with E-state index < -0.39 is 5.97 Å². The largest absolute Gasteiger partial charge is 0.478 e. The molecule has 0 aliphatic carbocycles. The van der Waals surface area contributed by atoms with Crippen LogP contribution in [0, 0.1) is 0 Å². The molecule has 1 aromatic heterocycles. The molecule has 84 valence electrons. The highest BCUT2D eigenvalue weighted by Crippen LogP contribution is 2.22. The molecule has 0 bridgehead atoms. The first kappa shape index (κ1) is 10.7. The van der Waals surface area contributed by atoms with Crippen molar-refractivity contribution in [2.75, 3.05) is 0 Å². The Morgan fingerprint density at radius 2 is 2.19 bits per heavy atom. The van der Waals surface area contributed by atoms with Crippen LogP contribution in [0.3, 0.4) is 0 Å². The van der Waals surface area contributed by atoms with Crippen molar-refractivity contribution in [1.29, 1.82) is 0 Å². The topological polar surface area (TPSA) is 50.4 Å². The molecule has 0 saturated carbocycles. The number of fused-ring (bicyclic) bond motifs is 1. The molecule has 0 radical (unpaired) electrons. The van der Waals surface area contributed by atoms with Crippen LogP contribution in [0.4, 0.5) is 0 Å². The third-order valence-corrected chi connectivity index (χ3v) is 2.59. The molecule has 0 spiro atoms. The Morgan fingerprint density at radius 1 is 1.38 bits per heavy atom. The van der Waals surface area contributed by atoms with Gasteiger partial charge in [0.2, 0.25) is 0 Å². The average Bonchev–Trinajstić information content (AvgIpc) is 2.67. The zero-order valence-electron chi connectivity index (χ0n) is 9.19. The molecule has 1 aromatic carbocycles. The van der Waals surface area contributed by atoms with E-state index in [9.17, 15) is 4.79 Å². The van der Waals surface area contributed by atoms with Gasteiger partial charge in [-0.1, -0.05) is 13.3 Å². The SMILES string of the molecule is CCCCc1cc2cc([14C](=O)O)ccc2o1. The highest BCUT2D eigenvalue weighted by atomic mass is 16.6. The number of carboxylic acid groups (broad SMARTS) is 1. The van der Waals surface area contributed by atoms with Crippen molar-refractivity contribution in [3.63, 3.8) is 0 Å². The minimum Gasteiger partial charge on any atom is -0.478 e. The van der Waals surface area contributed by atoms with E-state index in [2.05, 4.69) is 6.92 Å². The Labute approximate surface area is 93.7 Å². The van der Waals surface area contributed by atoms with Crippen LogP contribution < -0.4 is 0 Å². The summed E-state index contributed by atoms with van der Waals surface area (Å²) < 4.78 is 5.61. The van der Waals surface area contributed by atoms with Crippen molar-refractivity contribution < 1.29 is 14.3 Å². The fourth-order valence-corrected chi connectivity index (χ4v) is 1.71. The Hall–Kier alpha value is -1.77. The summed E-state index contributed by atoms with van der Waals surface area (Å²) in [4.78, 5) is 10.8. The zero-order valence-corrected chi connectivity index (χ0v) is 9.19. The van der Waals surface area contributed by atoms with Gasteiger partial charge >= 0.3 is 5.97 Å². The number of aryl methyl sites for hydroxylation is 1. The van der Waals surface area contributed by atoms with Crippen molar-refractivity contribution in [2.45, 2.75) is 26.2 Å². The highest BCUT2D eigenvalue weighted by molar-refractivity contribution is 5.93. The molecule has 0 aliphatic heterocycles. The molecule has 3 nitrogen and oxygen atoms in total. The molecule has 2 aromatic rings. The lowest BCUT2D eigenvalue weighted by molar-refractivity contribution is 0.0697. The number of carbonyl (C=O) groups is 1. The van der Waals surface area contributed by atoms with E-state index in [0.717, 1.165) is 36.0 Å². The van der Waals surface area contributed by atoms with Crippen LogP contribution in [0.25, 0.3) is 11.0 Å². The highest BCUT2D eigenvalue weighted by Gasteiger charge is 2.07. The fraction of sp³-hybridized carbons (Fsp3) is 0.308. The van der Waals surface area contributed by atoms with Crippen LogP contribution in [0.15, 0.2) is 28.7 Å². The number of benzene rings is 1. The van der Waals surface area contributed by atoms with Crippen LogP contribution in [0.1, 0.15) is 35.9 Å². The van der Waals surface area contributed by atoms with Crippen molar-refractivity contribution in [1.82, 2.24) is 0 Å². The second kappa shape index (κ2) is 4.39. The summed E-state index contributed by atoms with van der Waals surface area (Å²) in [6.07, 6.45) is 3.12. The summed E-state index contributed by atoms with van der Waals surface area (Å²) in [6, 6.07) is 6.86. The fourth-order valence-electron chi connectivity index (χ4n) is 1.71. The summed E-state index contributed by atoms with van der Waals surface area (Å²) in [5, 5.41) is 9.73. The van der Waals surface area contributed by atoms with E-state index in [0.29, 0.717) is 5.56 Å². The molecule has 0 aliphatic rings. The maximum atomic E-state index is 10.8. The van der Waals surface area contributed by atoms with E-state index in [4.69, 9.17) is 9.52 Å². The number of aromatic carboxylic acids is 1. The van der Waals surface area contributed by atoms with Gasteiger partial charge in [-0.15, -0.1) is 0 Å². The molecule has 0 saturated heterocycles. The first-order chi connectivity index (χ1) is 7.70. The van der Waals surface area contributed by atoms with E-state index >= 15 is 0 Å². The van der Waals surface area contributed by atoms with Gasteiger partial charge in [0.1, 0.15) is 11.3 Å². The van der Waals surface area contributed by atoms with Crippen LogP contribution in [-0.2, 0) is 6.42 Å². The number of furan rings is 1. The minimum atomic E-state index is -0.904. The maximum Gasteiger partial charge on any atom is 0.335 e. The lowest BCUT2D eigenvalue weighted by atomic mass is 10.2. The molecule has 0 amide bonds. The van der Waals surface area contributed by atoms with Gasteiger partial charge in [0.05, 0.1) is 5.56 Å². The molecular weight excluding hydrogens is 206 g/mol. The lowest BCUT2D eigenvalue weighted by Crippen LogP contribution is -1.94. The van der Waals surface area contributed by atoms with E-state index in [-0.39, 0.29) is 0 Å². The summed E-state index contributed by atoms with van der Waals surface area (Å²) in [5.41, 5.74) is 1.06. The number of hydrogen-bond donors (Lipinski definition) is 1. The third kappa shape index (κ3) is 2.08. The maximum absolute atomic E-state index is 10.8. The summed E-state index contributed by atoms with van der Waals surface area (Å²) in [7, 11) is 0. The van der Waals surface area contributed by atoms with E-state index in [1.54, 1.807) is 18.2 Å². The average molecular weight is 220 g/mol. The smallest absolute Gasteiger partial charge is 0.335 e. The predicted molar refractivity (Wildman–Crippen MR) is 61.8 cm³/mol. The molecule has 16 heavy (non-hydrogen) atoms. The van der Waals surface area contributed by atoms with Gasteiger partial charge in [-0.3, -0.25) is 0 Å². The Kier molecular flexibility index (Phi) is 2.95. The Balaban J connectivity index is 2.34. The molecule has 0 unspecified atom stereocenters. The monoisotopic (exact) mass is 220 g/mol. The van der Waals surface area contributed by atoms with Gasteiger partial charge < -0.3 is 9.52 Å². The molecule has 1 heterocycles. The zero-order chi connectivity index (χ0) is 11.5. The minimum absolute atomic E-state index is 0.301. The third-order valence-electron chi connectivity index (χ3n) is 2.59. The number of unbranched alkanes of at least 4 members (excludes halogenated alkanes) is 1. The second-order valence-corrected chi connectivity index (χ2v) is 3.87. The summed E-state index contributed by atoms with van der Waals surface area (Å²) >= 11 is 0. The van der Waals surface area contributed by atoms with Gasteiger partial charge in [-0.25, -0.2) is 4.79 Å². The molecule has 2 rings (SSSR count). The first-order valence-electron chi connectivity index (χ1n) is 5.46. The normalized spacial score (nSPS) is 10.8. The van der Waals surface area contributed by atoms with Crippen molar-refractivity contribution in [2.24, 2.45) is 0 Å². The van der Waals surface area contributed by atoms with Crippen LogP contribution in [0.2, 0.25) is 0 Å². The molecular formula is C13H14O3. The molecule has 3 heteroatoms. The quantitative estimate of drug-likeness (QED) is 0.858. The first-order valence-corrected chi connectivity index (χ1v) is 5.46. The number of rotatable bonds is 4. The molecule has 0 fully saturated rings. The Bertz CT molecular complexity index is 511. The van der Waals surface area contributed by atoms with Gasteiger partial charge in [0, 0.05) is 11.8 Å². The van der Waals surface area contributed by atoms with Gasteiger partial charge in [-0.05, 0) is 30.7 Å². The van der Waals surface area contributed by atoms with Crippen molar-refractivity contribution >= 4 is 16.9 Å². The van der Waals surface area contributed by atoms with Crippen molar-refractivity contribution in [3.8, 4) is 0 Å². The van der Waals surface area contributed by atoms with Crippen LogP contribution in [0.5, 0.6) is 0 Å². The molecule has 1 N–H and O–H groups in total. The number of carboxylic acids is 1. The standard InChI is InChI=1S/C13H14O3/c1-2-3-4-11-8-10-7-9(13(14)15)5-6-12(10)16-11/h5-8H,2-4H2,1H3,(H,14,15)/i13+2. The Morgan fingerprint density at radius 3 is 2.88 bits per heavy atom. The van der Waals surface area contributed by atoms with Gasteiger partial charge in [0.25, 0.3) is 0 Å². The van der Waals surface area contributed by atoms with Crippen molar-refractivity contribution in [3.05, 3.63) is 35.6 Å². The van der Waals surface area contributed by atoms with Gasteiger partial charge in [-0.2, -0.15) is 0 Å². The van der Waals surface area contributed by atoms with Crippen LogP contribution in [-0.4, -0.2) is 11.1 Å². The summed E-state index contributed by atoms with van der Waals surface area (Å²) in [6.45, 7) is 2.13. The van der Waals surface area contributed by atoms with E-state index in [1.165, 1.54) is 0 Å².